The molecule has 0 radical (unpaired) electrons. The number of sulfone groups is 1. The Labute approximate surface area is 100 Å². The van der Waals surface area contributed by atoms with Crippen LogP contribution in [0.5, 0.6) is 5.75 Å². The first-order valence-corrected chi connectivity index (χ1v) is 7.15. The largest absolute Gasteiger partial charge is 0.508 e. The summed E-state index contributed by atoms with van der Waals surface area (Å²) in [5.41, 5.74) is 0.682. The van der Waals surface area contributed by atoms with Crippen molar-refractivity contribution < 1.29 is 18.3 Å². The summed E-state index contributed by atoms with van der Waals surface area (Å²) in [5.74, 6) is -0.232. The number of hydrogen-bond donors (Lipinski definition) is 2. The maximum Gasteiger partial charge on any atom is 0.224 e. The summed E-state index contributed by atoms with van der Waals surface area (Å²) in [6, 6.07) is 6.38. The van der Waals surface area contributed by atoms with Gasteiger partial charge in [0.2, 0.25) is 5.91 Å². The van der Waals surface area contributed by atoms with Gasteiger partial charge < -0.3 is 10.4 Å². The van der Waals surface area contributed by atoms with Gasteiger partial charge in [0, 0.05) is 12.8 Å². The number of rotatable bonds is 5. The van der Waals surface area contributed by atoms with Gasteiger partial charge >= 0.3 is 0 Å². The first-order chi connectivity index (χ1) is 7.87. The molecule has 1 aromatic carbocycles. The van der Waals surface area contributed by atoms with Crippen LogP contribution in [0, 0.1) is 0 Å². The quantitative estimate of drug-likeness (QED) is 0.783. The van der Waals surface area contributed by atoms with E-state index in [9.17, 15) is 18.3 Å². The standard InChI is InChI=1S/C11H15NO4S/c1-17(15,16)6-5-12-11(14)8-9-3-2-4-10(13)7-9/h2-4,7,13H,5-6,8H2,1H3,(H,12,14). The summed E-state index contributed by atoms with van der Waals surface area (Å²) >= 11 is 0. The molecule has 6 heteroatoms. The van der Waals surface area contributed by atoms with Crippen molar-refractivity contribution >= 4 is 15.7 Å². The predicted octanol–water partition coefficient (Wildman–Crippen LogP) is 0.0955. The lowest BCUT2D eigenvalue weighted by Gasteiger charge is -2.04. The molecule has 0 spiro atoms. The minimum atomic E-state index is -3.05. The van der Waals surface area contributed by atoms with Gasteiger partial charge in [0.1, 0.15) is 15.6 Å². The summed E-state index contributed by atoms with van der Waals surface area (Å²) in [6.07, 6.45) is 1.24. The van der Waals surface area contributed by atoms with Crippen LogP contribution in [0.15, 0.2) is 24.3 Å². The van der Waals surface area contributed by atoms with E-state index >= 15 is 0 Å². The Kier molecular flexibility index (Phi) is 4.51. The summed E-state index contributed by atoms with van der Waals surface area (Å²) in [7, 11) is -3.05. The highest BCUT2D eigenvalue weighted by atomic mass is 32.2. The van der Waals surface area contributed by atoms with Crippen LogP contribution in [-0.4, -0.2) is 38.0 Å². The van der Waals surface area contributed by atoms with Crippen LogP contribution in [0.4, 0.5) is 0 Å². The van der Waals surface area contributed by atoms with Gasteiger partial charge in [0.05, 0.1) is 12.2 Å². The first kappa shape index (κ1) is 13.5. The van der Waals surface area contributed by atoms with E-state index in [4.69, 9.17) is 0 Å². The zero-order valence-electron chi connectivity index (χ0n) is 9.51. The molecule has 0 unspecified atom stereocenters. The third kappa shape index (κ3) is 5.91. The molecule has 1 amide bonds. The Bertz CT molecular complexity index is 496. The topological polar surface area (TPSA) is 83.5 Å². The molecular weight excluding hydrogens is 242 g/mol. The third-order valence-electron chi connectivity index (χ3n) is 2.07. The van der Waals surface area contributed by atoms with Crippen molar-refractivity contribution in [3.8, 4) is 5.75 Å². The second-order valence-electron chi connectivity index (χ2n) is 3.83. The molecule has 0 saturated heterocycles. The van der Waals surface area contributed by atoms with E-state index in [2.05, 4.69) is 5.32 Å². The zero-order chi connectivity index (χ0) is 12.9. The number of carbonyl (C=O) groups is 1. The number of nitrogens with one attached hydrogen (secondary N) is 1. The number of phenols is 1. The summed E-state index contributed by atoms with van der Waals surface area (Å²) in [5, 5.41) is 11.7. The Hall–Kier alpha value is -1.56. The van der Waals surface area contributed by atoms with Crippen molar-refractivity contribution in [2.45, 2.75) is 6.42 Å². The van der Waals surface area contributed by atoms with Gasteiger partial charge in [0.25, 0.3) is 0 Å². The summed E-state index contributed by atoms with van der Waals surface area (Å²) in [4.78, 5) is 11.4. The maximum atomic E-state index is 11.4. The molecule has 17 heavy (non-hydrogen) atoms. The lowest BCUT2D eigenvalue weighted by atomic mass is 10.1. The van der Waals surface area contributed by atoms with Gasteiger partial charge in [-0.3, -0.25) is 4.79 Å². The van der Waals surface area contributed by atoms with Crippen LogP contribution >= 0.6 is 0 Å². The van der Waals surface area contributed by atoms with Gasteiger partial charge in [-0.15, -0.1) is 0 Å². The van der Waals surface area contributed by atoms with E-state index in [1.165, 1.54) is 12.1 Å². The second-order valence-corrected chi connectivity index (χ2v) is 6.09. The van der Waals surface area contributed by atoms with Crippen molar-refractivity contribution in [2.75, 3.05) is 18.6 Å². The first-order valence-electron chi connectivity index (χ1n) is 5.09. The average Bonchev–Trinajstić information content (AvgIpc) is 2.15. The van der Waals surface area contributed by atoms with E-state index in [0.717, 1.165) is 6.26 Å². The molecule has 0 atom stereocenters. The lowest BCUT2D eigenvalue weighted by Crippen LogP contribution is -2.29. The predicted molar refractivity (Wildman–Crippen MR) is 64.5 cm³/mol. The number of benzene rings is 1. The van der Waals surface area contributed by atoms with Crippen LogP contribution in [0.25, 0.3) is 0 Å². The van der Waals surface area contributed by atoms with Crippen molar-refractivity contribution in [3.63, 3.8) is 0 Å². The van der Waals surface area contributed by atoms with E-state index in [-0.39, 0.29) is 30.4 Å². The Balaban J connectivity index is 2.40. The van der Waals surface area contributed by atoms with Crippen molar-refractivity contribution in [1.82, 2.24) is 5.32 Å². The Morgan fingerprint density at radius 3 is 2.71 bits per heavy atom. The Morgan fingerprint density at radius 1 is 1.41 bits per heavy atom. The van der Waals surface area contributed by atoms with Gasteiger partial charge in [0.15, 0.2) is 0 Å². The van der Waals surface area contributed by atoms with E-state index < -0.39 is 9.84 Å². The SMILES string of the molecule is CS(=O)(=O)CCNC(=O)Cc1cccc(O)c1. The van der Waals surface area contributed by atoms with Crippen LogP contribution in [-0.2, 0) is 21.1 Å². The molecule has 1 aromatic rings. The fourth-order valence-corrected chi connectivity index (χ4v) is 1.76. The van der Waals surface area contributed by atoms with E-state index in [1.54, 1.807) is 12.1 Å². The smallest absolute Gasteiger partial charge is 0.224 e. The van der Waals surface area contributed by atoms with Crippen LogP contribution in [0.2, 0.25) is 0 Å². The molecular formula is C11H15NO4S. The molecule has 5 nitrogen and oxygen atoms in total. The Morgan fingerprint density at radius 2 is 2.12 bits per heavy atom. The highest BCUT2D eigenvalue weighted by Crippen LogP contribution is 2.10. The highest BCUT2D eigenvalue weighted by Gasteiger charge is 2.06. The third-order valence-corrected chi connectivity index (χ3v) is 3.02. The van der Waals surface area contributed by atoms with Crippen molar-refractivity contribution in [2.24, 2.45) is 0 Å². The van der Waals surface area contributed by atoms with Gasteiger partial charge in [-0.05, 0) is 17.7 Å². The number of aromatic hydroxyl groups is 1. The number of carbonyl (C=O) groups excluding carboxylic acids is 1. The van der Waals surface area contributed by atoms with Crippen LogP contribution in [0.1, 0.15) is 5.56 Å². The number of phenolic OH excluding ortho intramolecular Hbond substituents is 1. The van der Waals surface area contributed by atoms with Crippen molar-refractivity contribution in [1.29, 1.82) is 0 Å². The minimum absolute atomic E-state index is 0.0707. The molecule has 0 aliphatic carbocycles. The van der Waals surface area contributed by atoms with E-state index in [1.807, 2.05) is 0 Å². The normalized spacial score (nSPS) is 11.1. The molecule has 0 aliphatic heterocycles. The van der Waals surface area contributed by atoms with Crippen LogP contribution in [0.3, 0.4) is 0 Å². The zero-order valence-corrected chi connectivity index (χ0v) is 10.3. The second kappa shape index (κ2) is 5.67. The van der Waals surface area contributed by atoms with Crippen LogP contribution < -0.4 is 5.32 Å². The molecule has 94 valence electrons. The molecule has 0 heterocycles. The maximum absolute atomic E-state index is 11.4. The molecule has 0 saturated carbocycles. The minimum Gasteiger partial charge on any atom is -0.508 e. The van der Waals surface area contributed by atoms with Gasteiger partial charge in [-0.1, -0.05) is 12.1 Å². The monoisotopic (exact) mass is 257 g/mol. The average molecular weight is 257 g/mol. The summed E-state index contributed by atoms with van der Waals surface area (Å²) in [6.45, 7) is 0.108. The molecule has 0 aliphatic rings. The van der Waals surface area contributed by atoms with E-state index in [0.29, 0.717) is 5.56 Å². The molecule has 0 bridgehead atoms. The molecule has 2 N–H and O–H groups in total. The number of amides is 1. The van der Waals surface area contributed by atoms with Crippen molar-refractivity contribution in [3.05, 3.63) is 29.8 Å². The summed E-state index contributed by atoms with van der Waals surface area (Å²) < 4.78 is 21.7. The fourth-order valence-electron chi connectivity index (χ4n) is 1.29. The molecule has 1 rings (SSSR count). The lowest BCUT2D eigenvalue weighted by molar-refractivity contribution is -0.120. The highest BCUT2D eigenvalue weighted by molar-refractivity contribution is 7.90. The molecule has 0 aromatic heterocycles. The fraction of sp³-hybridized carbons (Fsp3) is 0.364. The molecule has 0 fully saturated rings. The van der Waals surface area contributed by atoms with Gasteiger partial charge in [-0.25, -0.2) is 8.42 Å². The van der Waals surface area contributed by atoms with Gasteiger partial charge in [-0.2, -0.15) is 0 Å². The number of hydrogen-bond acceptors (Lipinski definition) is 4.